The third-order valence-corrected chi connectivity index (χ3v) is 5.93. The molecular weight excluding hydrogens is 396 g/mol. The molecule has 9 nitrogen and oxygen atoms in total. The molecule has 162 valence electrons. The first-order valence-electron chi connectivity index (χ1n) is 10.8. The van der Waals surface area contributed by atoms with E-state index >= 15 is 0 Å². The number of pyridine rings is 1. The molecule has 0 spiro atoms. The predicted octanol–water partition coefficient (Wildman–Crippen LogP) is 3.18. The van der Waals surface area contributed by atoms with Crippen LogP contribution in [0.4, 0.5) is 17.3 Å². The van der Waals surface area contributed by atoms with Crippen LogP contribution in [-0.2, 0) is 0 Å². The van der Waals surface area contributed by atoms with Gasteiger partial charge in [-0.2, -0.15) is 9.61 Å². The maximum absolute atomic E-state index is 13.0. The zero-order valence-electron chi connectivity index (χ0n) is 17.4. The second kappa shape index (κ2) is 8.14. The highest BCUT2D eigenvalue weighted by atomic mass is 16.5. The van der Waals surface area contributed by atoms with Gasteiger partial charge in [0.15, 0.2) is 11.4 Å². The van der Waals surface area contributed by atoms with Crippen molar-refractivity contribution in [3.05, 3.63) is 36.2 Å². The van der Waals surface area contributed by atoms with Crippen LogP contribution in [0.5, 0.6) is 5.88 Å². The van der Waals surface area contributed by atoms with E-state index in [4.69, 9.17) is 4.74 Å². The van der Waals surface area contributed by atoms with Crippen LogP contribution in [0.15, 0.2) is 30.6 Å². The molecule has 0 unspecified atom stereocenters. The van der Waals surface area contributed by atoms with Gasteiger partial charge in [0, 0.05) is 25.7 Å². The first-order valence-corrected chi connectivity index (χ1v) is 10.8. The zero-order chi connectivity index (χ0) is 21.4. The van der Waals surface area contributed by atoms with E-state index in [0.717, 1.165) is 37.8 Å². The molecule has 9 heteroatoms. The number of carbonyl (C=O) groups excluding carboxylic acids is 1. The molecule has 0 aromatic carbocycles. The third kappa shape index (κ3) is 4.05. The lowest BCUT2D eigenvalue weighted by Crippen LogP contribution is -2.17. The van der Waals surface area contributed by atoms with E-state index in [0.29, 0.717) is 35.1 Å². The summed E-state index contributed by atoms with van der Waals surface area (Å²) < 4.78 is 7.51. The topological polar surface area (TPSA) is 114 Å². The second-order valence-corrected chi connectivity index (χ2v) is 8.25. The quantitative estimate of drug-likeness (QED) is 0.474. The van der Waals surface area contributed by atoms with Crippen molar-refractivity contribution in [2.24, 2.45) is 5.92 Å². The summed E-state index contributed by atoms with van der Waals surface area (Å²) in [5.41, 5.74) is 1.65. The van der Waals surface area contributed by atoms with E-state index in [2.05, 4.69) is 25.7 Å². The number of Topliss-reactive ketones (excluding diaryl/α,β-unsaturated/α-hetero) is 1. The van der Waals surface area contributed by atoms with Gasteiger partial charge < -0.3 is 20.5 Å². The highest BCUT2D eigenvalue weighted by Gasteiger charge is 2.29. The van der Waals surface area contributed by atoms with Gasteiger partial charge in [0.2, 0.25) is 5.88 Å². The number of ether oxygens (including phenoxy) is 1. The Hall–Kier alpha value is -3.20. The molecule has 0 amide bonds. The Labute approximate surface area is 179 Å². The second-order valence-electron chi connectivity index (χ2n) is 8.25. The highest BCUT2D eigenvalue weighted by molar-refractivity contribution is 6.01. The first kappa shape index (κ1) is 19.7. The monoisotopic (exact) mass is 422 g/mol. The number of hydrogen-bond donors (Lipinski definition) is 3. The Morgan fingerprint density at radius 1 is 1.32 bits per heavy atom. The van der Waals surface area contributed by atoms with Gasteiger partial charge >= 0.3 is 0 Å². The Bertz CT molecular complexity index is 1110. The average Bonchev–Trinajstić information content (AvgIpc) is 3.34. The normalized spacial score (nSPS) is 20.7. The van der Waals surface area contributed by atoms with Crippen molar-refractivity contribution in [2.45, 2.75) is 50.7 Å². The smallest absolute Gasteiger partial charge is 0.238 e. The van der Waals surface area contributed by atoms with E-state index in [1.807, 2.05) is 18.2 Å². The summed E-state index contributed by atoms with van der Waals surface area (Å²) in [5.74, 6) is 1.75. The fourth-order valence-corrected chi connectivity index (χ4v) is 4.07. The molecule has 3 heterocycles. The van der Waals surface area contributed by atoms with Gasteiger partial charge in [0.1, 0.15) is 23.4 Å². The molecule has 3 N–H and O–H groups in total. The molecule has 0 saturated heterocycles. The Kier molecular flexibility index (Phi) is 5.19. The molecule has 3 aromatic rings. The van der Waals surface area contributed by atoms with Crippen molar-refractivity contribution < 1.29 is 14.6 Å². The molecule has 3 aromatic heterocycles. The van der Waals surface area contributed by atoms with Crippen LogP contribution in [0.2, 0.25) is 0 Å². The number of nitrogens with one attached hydrogen (secondary N) is 2. The van der Waals surface area contributed by atoms with E-state index in [1.165, 1.54) is 0 Å². The van der Waals surface area contributed by atoms with Crippen LogP contribution in [0.3, 0.4) is 0 Å². The van der Waals surface area contributed by atoms with Crippen molar-refractivity contribution in [1.82, 2.24) is 19.6 Å². The number of hydrogen-bond acceptors (Lipinski definition) is 8. The van der Waals surface area contributed by atoms with E-state index in [9.17, 15) is 9.90 Å². The van der Waals surface area contributed by atoms with Crippen LogP contribution >= 0.6 is 0 Å². The van der Waals surface area contributed by atoms with Gasteiger partial charge in [-0.3, -0.25) is 4.79 Å². The van der Waals surface area contributed by atoms with Crippen LogP contribution in [-0.4, -0.2) is 49.7 Å². The molecule has 0 aliphatic heterocycles. The number of carbonyl (C=O) groups is 1. The van der Waals surface area contributed by atoms with Crippen LogP contribution < -0.4 is 15.4 Å². The minimum Gasteiger partial charge on any atom is -0.473 e. The van der Waals surface area contributed by atoms with Crippen molar-refractivity contribution in [2.75, 3.05) is 17.7 Å². The number of anilines is 3. The van der Waals surface area contributed by atoms with Crippen molar-refractivity contribution in [3.63, 3.8) is 0 Å². The lowest BCUT2D eigenvalue weighted by molar-refractivity contribution is 0.0869. The van der Waals surface area contributed by atoms with Crippen molar-refractivity contribution in [3.8, 4) is 5.88 Å². The van der Waals surface area contributed by atoms with Gasteiger partial charge in [0.05, 0.1) is 17.9 Å². The molecular formula is C22H26N6O3. The van der Waals surface area contributed by atoms with E-state index in [-0.39, 0.29) is 17.8 Å². The highest BCUT2D eigenvalue weighted by Crippen LogP contribution is 2.33. The molecule has 2 aliphatic carbocycles. The Morgan fingerprint density at radius 3 is 2.94 bits per heavy atom. The molecule has 0 bridgehead atoms. The minimum absolute atomic E-state index is 0.00468. The summed E-state index contributed by atoms with van der Waals surface area (Å²) in [6.07, 6.45) is 8.06. The van der Waals surface area contributed by atoms with Crippen molar-refractivity contribution in [1.29, 1.82) is 0 Å². The average molecular weight is 422 g/mol. The number of fused-ring (bicyclic) bond motifs is 1. The van der Waals surface area contributed by atoms with Crippen LogP contribution in [0.1, 0.15) is 48.9 Å². The summed E-state index contributed by atoms with van der Waals surface area (Å²) in [7, 11) is 1.79. The molecule has 31 heavy (non-hydrogen) atoms. The fraction of sp³-hybridized carbons (Fsp3) is 0.455. The van der Waals surface area contributed by atoms with Gasteiger partial charge in [-0.25, -0.2) is 9.97 Å². The number of aromatic nitrogens is 4. The maximum Gasteiger partial charge on any atom is 0.238 e. The lowest BCUT2D eigenvalue weighted by atomic mass is 9.96. The standard InChI is InChI=1S/C22H26N6O3/c1-23-20-11-19(26-16-5-3-9-24-22(16)31-14-7-8-14)27-21-15(12-25-28(20)21)18(30)10-13-4-2-6-17(13)29/h3,5,9,11-14,17,23,29H,2,4,6-8,10H2,1H3,(H,26,27)/t13-,17+/m0/s1. The predicted molar refractivity (Wildman–Crippen MR) is 116 cm³/mol. The molecule has 2 atom stereocenters. The van der Waals surface area contributed by atoms with Gasteiger partial charge in [-0.1, -0.05) is 6.42 Å². The zero-order valence-corrected chi connectivity index (χ0v) is 17.4. The molecule has 0 radical (unpaired) electrons. The Balaban J connectivity index is 1.46. The number of rotatable bonds is 8. The van der Waals surface area contributed by atoms with Gasteiger partial charge in [0.25, 0.3) is 0 Å². The third-order valence-electron chi connectivity index (χ3n) is 5.93. The molecule has 2 saturated carbocycles. The lowest BCUT2D eigenvalue weighted by Gasteiger charge is -2.14. The van der Waals surface area contributed by atoms with Gasteiger partial charge in [-0.15, -0.1) is 0 Å². The summed E-state index contributed by atoms with van der Waals surface area (Å²) in [6.45, 7) is 0. The number of ketones is 1. The first-order chi connectivity index (χ1) is 15.1. The van der Waals surface area contributed by atoms with Crippen LogP contribution in [0.25, 0.3) is 5.65 Å². The summed E-state index contributed by atoms with van der Waals surface area (Å²) in [4.78, 5) is 22.0. The summed E-state index contributed by atoms with van der Waals surface area (Å²) in [5, 5.41) is 20.9. The largest absolute Gasteiger partial charge is 0.473 e. The van der Waals surface area contributed by atoms with Crippen LogP contribution in [0, 0.1) is 5.92 Å². The SMILES string of the molecule is CNc1cc(Nc2cccnc2OC2CC2)nc2c(C(=O)C[C@@H]3CCC[C@H]3O)cnn12. The van der Waals surface area contributed by atoms with E-state index in [1.54, 1.807) is 24.0 Å². The van der Waals surface area contributed by atoms with Gasteiger partial charge in [-0.05, 0) is 43.7 Å². The Morgan fingerprint density at radius 2 is 2.19 bits per heavy atom. The molecule has 2 aliphatic rings. The minimum atomic E-state index is -0.403. The van der Waals surface area contributed by atoms with Crippen molar-refractivity contribution >= 4 is 28.8 Å². The number of nitrogens with zero attached hydrogens (tertiary/aromatic N) is 4. The summed E-state index contributed by atoms with van der Waals surface area (Å²) >= 11 is 0. The molecule has 2 fully saturated rings. The number of aliphatic hydroxyl groups is 1. The number of aliphatic hydroxyl groups excluding tert-OH is 1. The molecule has 5 rings (SSSR count). The fourth-order valence-electron chi connectivity index (χ4n) is 4.07. The van der Waals surface area contributed by atoms with E-state index < -0.39 is 6.10 Å². The maximum atomic E-state index is 13.0. The summed E-state index contributed by atoms with van der Waals surface area (Å²) in [6, 6.07) is 5.54.